The number of ether oxygens (including phenoxy) is 4. The second kappa shape index (κ2) is 6.39. The number of esters is 1. The van der Waals surface area contributed by atoms with Gasteiger partial charge in [-0.1, -0.05) is 0 Å². The molecule has 0 unspecified atom stereocenters. The van der Waals surface area contributed by atoms with Crippen LogP contribution in [0.25, 0.3) is 0 Å². The zero-order valence-electron chi connectivity index (χ0n) is 12.3. The molecule has 0 aliphatic carbocycles. The van der Waals surface area contributed by atoms with Crippen molar-refractivity contribution < 1.29 is 28.8 Å². The summed E-state index contributed by atoms with van der Waals surface area (Å²) < 4.78 is 22.3. The van der Waals surface area contributed by atoms with Crippen molar-refractivity contribution in [2.75, 3.05) is 27.4 Å². The fraction of sp³-hybridized carbons (Fsp3) is 0.929. The normalized spacial score (nSPS) is 40.5. The minimum absolute atomic E-state index is 0.0420. The lowest BCUT2D eigenvalue weighted by Gasteiger charge is -2.48. The molecule has 2 rings (SSSR count). The van der Waals surface area contributed by atoms with Crippen molar-refractivity contribution in [3.8, 4) is 0 Å². The molecule has 2 aliphatic rings. The maximum absolute atomic E-state index is 11.7. The van der Waals surface area contributed by atoms with Crippen LogP contribution in [0.1, 0.15) is 26.2 Å². The van der Waals surface area contributed by atoms with Gasteiger partial charge in [-0.15, -0.1) is 0 Å². The Labute approximate surface area is 119 Å². The summed E-state index contributed by atoms with van der Waals surface area (Å²) in [5, 5.41) is 9.07. The van der Waals surface area contributed by atoms with Crippen molar-refractivity contribution >= 4 is 5.97 Å². The lowest BCUT2D eigenvalue weighted by molar-refractivity contribution is -0.247. The van der Waals surface area contributed by atoms with Gasteiger partial charge in [-0.3, -0.25) is 4.79 Å². The average molecular weight is 288 g/mol. The maximum atomic E-state index is 11.7. The number of carbonyl (C=O) groups excluding carboxylic acids is 1. The van der Waals surface area contributed by atoms with Crippen LogP contribution in [0.3, 0.4) is 0 Å². The van der Waals surface area contributed by atoms with Crippen LogP contribution in [0.2, 0.25) is 0 Å². The molecule has 0 amide bonds. The van der Waals surface area contributed by atoms with Crippen LogP contribution in [-0.2, 0) is 23.7 Å². The minimum Gasteiger partial charge on any atom is -0.459 e. The second-order valence-corrected chi connectivity index (χ2v) is 5.72. The summed E-state index contributed by atoms with van der Waals surface area (Å²) in [6.07, 6.45) is 0.759. The van der Waals surface area contributed by atoms with Crippen LogP contribution in [0.15, 0.2) is 0 Å². The highest BCUT2D eigenvalue weighted by atomic mass is 16.6. The quantitative estimate of drug-likeness (QED) is 0.718. The Balaban J connectivity index is 2.22. The van der Waals surface area contributed by atoms with Gasteiger partial charge in [0.1, 0.15) is 18.3 Å². The van der Waals surface area contributed by atoms with Crippen LogP contribution >= 0.6 is 0 Å². The summed E-state index contributed by atoms with van der Waals surface area (Å²) in [5.74, 6) is -0.251. The minimum atomic E-state index is -0.502. The first kappa shape index (κ1) is 15.7. The van der Waals surface area contributed by atoms with Gasteiger partial charge in [0.25, 0.3) is 0 Å². The van der Waals surface area contributed by atoms with Gasteiger partial charge in [0.2, 0.25) is 0 Å². The van der Waals surface area contributed by atoms with Crippen LogP contribution in [0.5, 0.6) is 0 Å². The smallest absolute Gasteiger partial charge is 0.306 e. The Morgan fingerprint density at radius 1 is 1.45 bits per heavy atom. The van der Waals surface area contributed by atoms with Gasteiger partial charge in [-0.25, -0.2) is 0 Å². The molecule has 0 aromatic carbocycles. The van der Waals surface area contributed by atoms with Crippen LogP contribution in [-0.4, -0.2) is 62.4 Å². The summed E-state index contributed by atoms with van der Waals surface area (Å²) in [5.41, 5.74) is -0.502. The van der Waals surface area contributed by atoms with Crippen molar-refractivity contribution in [2.24, 2.45) is 5.92 Å². The molecule has 2 heterocycles. The SMILES string of the molecule is COC[C@H]1O[C@](C)(CCCO)[C@H]2CC(=O)O[C@H]2[C@@H]1OC. The van der Waals surface area contributed by atoms with Gasteiger partial charge in [0, 0.05) is 26.7 Å². The van der Waals surface area contributed by atoms with Crippen LogP contribution in [0.4, 0.5) is 0 Å². The number of carbonyl (C=O) groups is 1. The number of aliphatic hydroxyl groups excluding tert-OH is 1. The number of hydrogen-bond acceptors (Lipinski definition) is 6. The third kappa shape index (κ3) is 2.83. The molecule has 0 aromatic rings. The molecule has 2 aliphatic heterocycles. The van der Waals surface area contributed by atoms with Gasteiger partial charge >= 0.3 is 5.97 Å². The third-order valence-electron chi connectivity index (χ3n) is 4.38. The number of hydrogen-bond donors (Lipinski definition) is 1. The highest BCUT2D eigenvalue weighted by Gasteiger charge is 2.57. The van der Waals surface area contributed by atoms with Crippen molar-refractivity contribution in [1.82, 2.24) is 0 Å². The van der Waals surface area contributed by atoms with Gasteiger partial charge < -0.3 is 24.1 Å². The van der Waals surface area contributed by atoms with Crippen molar-refractivity contribution in [3.05, 3.63) is 0 Å². The number of methoxy groups -OCH3 is 2. The standard InChI is InChI=1S/C14H24O6/c1-14(5-4-6-15)9-7-11(16)19-12(9)13(18-3)10(20-14)8-17-2/h9-10,12-13,15H,4-8H2,1-3H3/t9-,10+,12+,13+,14+/m0/s1. The molecule has 6 nitrogen and oxygen atoms in total. The van der Waals surface area contributed by atoms with E-state index in [0.29, 0.717) is 25.9 Å². The van der Waals surface area contributed by atoms with Crippen LogP contribution < -0.4 is 0 Å². The molecule has 2 fully saturated rings. The lowest BCUT2D eigenvalue weighted by atomic mass is 9.75. The van der Waals surface area contributed by atoms with E-state index in [-0.39, 0.29) is 36.8 Å². The second-order valence-electron chi connectivity index (χ2n) is 5.72. The number of aliphatic hydroxyl groups is 1. The van der Waals surface area contributed by atoms with E-state index in [2.05, 4.69) is 0 Å². The van der Waals surface area contributed by atoms with E-state index in [1.54, 1.807) is 14.2 Å². The molecule has 2 saturated heterocycles. The van der Waals surface area contributed by atoms with E-state index in [0.717, 1.165) is 0 Å². The molecule has 0 spiro atoms. The molecule has 1 N–H and O–H groups in total. The fourth-order valence-electron chi connectivity index (χ4n) is 3.40. The first-order valence-electron chi connectivity index (χ1n) is 7.05. The van der Waals surface area contributed by atoms with E-state index in [1.807, 2.05) is 6.92 Å². The molecule has 20 heavy (non-hydrogen) atoms. The molecule has 0 radical (unpaired) electrons. The first-order valence-corrected chi connectivity index (χ1v) is 7.05. The molecular weight excluding hydrogens is 264 g/mol. The number of rotatable bonds is 6. The Bertz CT molecular complexity index is 347. The highest BCUT2D eigenvalue weighted by Crippen LogP contribution is 2.45. The third-order valence-corrected chi connectivity index (χ3v) is 4.38. The summed E-state index contributed by atoms with van der Waals surface area (Å²) >= 11 is 0. The van der Waals surface area contributed by atoms with Gasteiger partial charge in [0.05, 0.1) is 18.6 Å². The Morgan fingerprint density at radius 3 is 2.80 bits per heavy atom. The summed E-state index contributed by atoms with van der Waals surface area (Å²) in [6.45, 7) is 2.47. The van der Waals surface area contributed by atoms with E-state index in [9.17, 15) is 4.79 Å². The molecule has 116 valence electrons. The predicted molar refractivity (Wildman–Crippen MR) is 70.3 cm³/mol. The molecule has 0 bridgehead atoms. The van der Waals surface area contributed by atoms with Crippen molar-refractivity contribution in [2.45, 2.75) is 50.1 Å². The Morgan fingerprint density at radius 2 is 2.20 bits per heavy atom. The van der Waals surface area contributed by atoms with Crippen molar-refractivity contribution in [1.29, 1.82) is 0 Å². The zero-order chi connectivity index (χ0) is 14.8. The molecular formula is C14H24O6. The maximum Gasteiger partial charge on any atom is 0.306 e. The van der Waals surface area contributed by atoms with E-state index in [4.69, 9.17) is 24.1 Å². The average Bonchev–Trinajstić information content (AvgIpc) is 2.80. The topological polar surface area (TPSA) is 74.2 Å². The molecule has 0 aromatic heterocycles. The van der Waals surface area contributed by atoms with E-state index in [1.165, 1.54) is 0 Å². The first-order chi connectivity index (χ1) is 9.55. The zero-order valence-corrected chi connectivity index (χ0v) is 12.3. The largest absolute Gasteiger partial charge is 0.459 e. The van der Waals surface area contributed by atoms with Crippen LogP contribution in [0, 0.1) is 5.92 Å². The predicted octanol–water partition coefficient (Wildman–Crippen LogP) is 0.509. The molecule has 6 heteroatoms. The Hall–Kier alpha value is -0.690. The van der Waals surface area contributed by atoms with Gasteiger partial charge in [0.15, 0.2) is 0 Å². The summed E-state index contributed by atoms with van der Waals surface area (Å²) in [4.78, 5) is 11.7. The summed E-state index contributed by atoms with van der Waals surface area (Å²) in [6, 6.07) is 0. The van der Waals surface area contributed by atoms with Gasteiger partial charge in [-0.2, -0.15) is 0 Å². The molecule has 0 saturated carbocycles. The molecule has 5 atom stereocenters. The van der Waals surface area contributed by atoms with Crippen molar-refractivity contribution in [3.63, 3.8) is 0 Å². The fourth-order valence-corrected chi connectivity index (χ4v) is 3.40. The number of fused-ring (bicyclic) bond motifs is 1. The van der Waals surface area contributed by atoms with E-state index >= 15 is 0 Å². The Kier molecular flexibility index (Phi) is 5.01. The lowest BCUT2D eigenvalue weighted by Crippen LogP contribution is -2.60. The monoisotopic (exact) mass is 288 g/mol. The summed E-state index contributed by atoms with van der Waals surface area (Å²) in [7, 11) is 3.20. The van der Waals surface area contributed by atoms with Gasteiger partial charge in [-0.05, 0) is 19.8 Å². The highest BCUT2D eigenvalue weighted by molar-refractivity contribution is 5.72. The van der Waals surface area contributed by atoms with E-state index < -0.39 is 5.60 Å².